The Labute approximate surface area is 190 Å². The van der Waals surface area contributed by atoms with Gasteiger partial charge in [0, 0.05) is 37.1 Å². The van der Waals surface area contributed by atoms with Crippen molar-refractivity contribution in [3.8, 4) is 0 Å². The van der Waals surface area contributed by atoms with Gasteiger partial charge in [-0.15, -0.1) is 5.10 Å². The van der Waals surface area contributed by atoms with Gasteiger partial charge >= 0.3 is 6.09 Å². The zero-order valence-corrected chi connectivity index (χ0v) is 20.4. The standard InChI is InChI=1S/C23H36N6O3/c1-15(2)28(22(31)32-23(5,6)7)14-18-9-8-10-27(13-18)20(30)12-19-25-21-24-16(3)11-17(4)29(21)26-19/h11,15,18H,8-10,12-14H2,1-7H3. The molecule has 0 N–H and O–H groups in total. The highest BCUT2D eigenvalue weighted by Gasteiger charge is 2.30. The molecular formula is C23H36N6O3. The van der Waals surface area contributed by atoms with E-state index in [0.717, 1.165) is 24.2 Å². The van der Waals surface area contributed by atoms with Gasteiger partial charge in [-0.05, 0) is 73.3 Å². The van der Waals surface area contributed by atoms with Crippen molar-refractivity contribution in [3.63, 3.8) is 0 Å². The van der Waals surface area contributed by atoms with Gasteiger partial charge in [-0.1, -0.05) is 0 Å². The molecule has 9 heteroatoms. The third-order valence-corrected chi connectivity index (χ3v) is 5.55. The lowest BCUT2D eigenvalue weighted by Crippen LogP contribution is -2.48. The van der Waals surface area contributed by atoms with Gasteiger partial charge in [0.2, 0.25) is 5.91 Å². The van der Waals surface area contributed by atoms with E-state index in [1.807, 2.05) is 59.4 Å². The molecule has 0 radical (unpaired) electrons. The van der Waals surface area contributed by atoms with E-state index in [2.05, 4.69) is 15.1 Å². The van der Waals surface area contributed by atoms with Crippen LogP contribution in [0.4, 0.5) is 4.79 Å². The number of likely N-dealkylation sites (tertiary alicyclic amines) is 1. The first-order chi connectivity index (χ1) is 14.9. The molecule has 2 aromatic rings. The van der Waals surface area contributed by atoms with E-state index >= 15 is 0 Å². The number of aryl methyl sites for hydroxylation is 2. The summed E-state index contributed by atoms with van der Waals surface area (Å²) in [6.45, 7) is 15.4. The number of amides is 2. The number of hydrogen-bond donors (Lipinski definition) is 0. The third-order valence-electron chi connectivity index (χ3n) is 5.55. The van der Waals surface area contributed by atoms with E-state index in [9.17, 15) is 9.59 Å². The number of aromatic nitrogens is 4. The van der Waals surface area contributed by atoms with Crippen LogP contribution in [0.5, 0.6) is 0 Å². The van der Waals surface area contributed by atoms with E-state index < -0.39 is 5.60 Å². The minimum absolute atomic E-state index is 0.00773. The van der Waals surface area contributed by atoms with Crippen molar-refractivity contribution in [2.75, 3.05) is 19.6 Å². The molecule has 9 nitrogen and oxygen atoms in total. The summed E-state index contributed by atoms with van der Waals surface area (Å²) in [6, 6.07) is 1.96. The van der Waals surface area contributed by atoms with Crippen molar-refractivity contribution >= 4 is 17.8 Å². The summed E-state index contributed by atoms with van der Waals surface area (Å²) in [5.41, 5.74) is 1.28. The number of ether oxygens (including phenoxy) is 1. The molecule has 3 rings (SSSR count). The lowest BCUT2D eigenvalue weighted by atomic mass is 9.96. The van der Waals surface area contributed by atoms with Gasteiger partial charge < -0.3 is 14.5 Å². The first-order valence-electron chi connectivity index (χ1n) is 11.4. The second-order valence-electron chi connectivity index (χ2n) is 10.0. The van der Waals surface area contributed by atoms with E-state index in [1.165, 1.54) is 0 Å². The zero-order valence-electron chi connectivity index (χ0n) is 20.4. The highest BCUT2D eigenvalue weighted by Crippen LogP contribution is 2.21. The smallest absolute Gasteiger partial charge is 0.410 e. The van der Waals surface area contributed by atoms with Crippen LogP contribution in [0.25, 0.3) is 5.78 Å². The van der Waals surface area contributed by atoms with Crippen LogP contribution < -0.4 is 0 Å². The molecule has 0 bridgehead atoms. The van der Waals surface area contributed by atoms with Crippen LogP contribution >= 0.6 is 0 Å². The molecule has 0 aliphatic carbocycles. The second-order valence-corrected chi connectivity index (χ2v) is 10.0. The fourth-order valence-corrected chi connectivity index (χ4v) is 4.07. The van der Waals surface area contributed by atoms with Gasteiger partial charge in [0.25, 0.3) is 5.78 Å². The fourth-order valence-electron chi connectivity index (χ4n) is 4.07. The normalized spacial score (nSPS) is 17.1. The van der Waals surface area contributed by atoms with Crippen LogP contribution in [-0.2, 0) is 16.0 Å². The third kappa shape index (κ3) is 5.95. The predicted octanol–water partition coefficient (Wildman–Crippen LogP) is 3.17. The fraction of sp³-hybridized carbons (Fsp3) is 0.696. The average molecular weight is 445 g/mol. The molecular weight excluding hydrogens is 408 g/mol. The lowest BCUT2D eigenvalue weighted by molar-refractivity contribution is -0.132. The molecule has 1 unspecified atom stereocenters. The quantitative estimate of drug-likeness (QED) is 0.703. The Morgan fingerprint density at radius 1 is 1.25 bits per heavy atom. The topological polar surface area (TPSA) is 92.9 Å². The minimum Gasteiger partial charge on any atom is -0.444 e. The summed E-state index contributed by atoms with van der Waals surface area (Å²) >= 11 is 0. The number of hydrogen-bond acceptors (Lipinski definition) is 6. The highest BCUT2D eigenvalue weighted by molar-refractivity contribution is 5.78. The maximum Gasteiger partial charge on any atom is 0.410 e. The Morgan fingerprint density at radius 2 is 1.97 bits per heavy atom. The molecule has 32 heavy (non-hydrogen) atoms. The number of carbonyl (C=O) groups is 2. The second kappa shape index (κ2) is 9.42. The molecule has 0 saturated carbocycles. The minimum atomic E-state index is -0.536. The molecule has 0 aromatic carbocycles. The Morgan fingerprint density at radius 3 is 2.62 bits per heavy atom. The van der Waals surface area contributed by atoms with Gasteiger partial charge in [-0.3, -0.25) is 4.79 Å². The monoisotopic (exact) mass is 444 g/mol. The number of carbonyl (C=O) groups excluding carboxylic acids is 2. The molecule has 2 amide bonds. The van der Waals surface area contributed by atoms with Crippen molar-refractivity contribution < 1.29 is 14.3 Å². The summed E-state index contributed by atoms with van der Waals surface area (Å²) in [6.07, 6.45) is 1.73. The van der Waals surface area contributed by atoms with Crippen molar-refractivity contribution in [3.05, 3.63) is 23.3 Å². The van der Waals surface area contributed by atoms with E-state index in [0.29, 0.717) is 31.2 Å². The number of piperidine rings is 1. The predicted molar refractivity (Wildman–Crippen MR) is 121 cm³/mol. The van der Waals surface area contributed by atoms with Gasteiger partial charge in [-0.2, -0.15) is 4.98 Å². The van der Waals surface area contributed by atoms with E-state index in [4.69, 9.17) is 4.74 Å². The maximum absolute atomic E-state index is 13.0. The molecule has 1 atom stereocenters. The molecule has 1 aliphatic heterocycles. The zero-order chi connectivity index (χ0) is 23.6. The van der Waals surface area contributed by atoms with Crippen LogP contribution in [0, 0.1) is 19.8 Å². The molecule has 3 heterocycles. The van der Waals surface area contributed by atoms with Gasteiger partial charge in [0.15, 0.2) is 5.82 Å². The van der Waals surface area contributed by atoms with Crippen molar-refractivity contribution in [1.82, 2.24) is 29.4 Å². The summed E-state index contributed by atoms with van der Waals surface area (Å²) < 4.78 is 7.26. The lowest BCUT2D eigenvalue weighted by Gasteiger charge is -2.37. The largest absolute Gasteiger partial charge is 0.444 e. The SMILES string of the molecule is Cc1cc(C)n2nc(CC(=O)N3CCCC(CN(C(=O)OC(C)(C)C)C(C)C)C3)nc2n1. The summed E-state index contributed by atoms with van der Waals surface area (Å²) in [5.74, 6) is 1.22. The maximum atomic E-state index is 13.0. The number of nitrogens with zero attached hydrogens (tertiary/aromatic N) is 6. The molecule has 1 aliphatic rings. The van der Waals surface area contributed by atoms with E-state index in [-0.39, 0.29) is 30.4 Å². The van der Waals surface area contributed by atoms with E-state index in [1.54, 1.807) is 9.42 Å². The van der Waals surface area contributed by atoms with Crippen molar-refractivity contribution in [2.45, 2.75) is 79.4 Å². The van der Waals surface area contributed by atoms with Crippen molar-refractivity contribution in [1.29, 1.82) is 0 Å². The summed E-state index contributed by atoms with van der Waals surface area (Å²) in [5, 5.41) is 4.46. The molecule has 0 spiro atoms. The first kappa shape index (κ1) is 23.9. The Kier molecular flexibility index (Phi) is 7.05. The van der Waals surface area contributed by atoms with Crippen LogP contribution in [0.3, 0.4) is 0 Å². The van der Waals surface area contributed by atoms with Crippen LogP contribution in [-0.4, -0.2) is 72.7 Å². The van der Waals surface area contributed by atoms with Crippen molar-refractivity contribution in [2.24, 2.45) is 5.92 Å². The molecule has 1 fully saturated rings. The Bertz CT molecular complexity index is 978. The number of rotatable bonds is 5. The molecule has 1 saturated heterocycles. The van der Waals surface area contributed by atoms with Crippen LogP contribution in [0.15, 0.2) is 6.07 Å². The van der Waals surface area contributed by atoms with Crippen LogP contribution in [0.2, 0.25) is 0 Å². The molecule has 176 valence electrons. The Balaban J connectivity index is 1.64. The number of fused-ring (bicyclic) bond motifs is 1. The molecule has 2 aromatic heterocycles. The van der Waals surface area contributed by atoms with Crippen LogP contribution in [0.1, 0.15) is 64.7 Å². The summed E-state index contributed by atoms with van der Waals surface area (Å²) in [7, 11) is 0. The van der Waals surface area contributed by atoms with Gasteiger partial charge in [0.05, 0.1) is 6.42 Å². The van der Waals surface area contributed by atoms with Gasteiger partial charge in [-0.25, -0.2) is 14.3 Å². The van der Waals surface area contributed by atoms with Gasteiger partial charge in [0.1, 0.15) is 5.60 Å². The average Bonchev–Trinajstić information content (AvgIpc) is 3.07. The first-order valence-corrected chi connectivity index (χ1v) is 11.4. The summed E-state index contributed by atoms with van der Waals surface area (Å²) in [4.78, 5) is 38.1. The highest BCUT2D eigenvalue weighted by atomic mass is 16.6. The Hall–Kier alpha value is -2.71.